The fourth-order valence-electron chi connectivity index (χ4n) is 2.65. The third-order valence-corrected chi connectivity index (χ3v) is 7.44. The second-order valence-corrected chi connectivity index (χ2v) is 9.85. The maximum Gasteiger partial charge on any atom is 0.216 e. The summed E-state index contributed by atoms with van der Waals surface area (Å²) in [7, 11) is -3.32. The van der Waals surface area contributed by atoms with Crippen LogP contribution in [0.4, 0.5) is 5.69 Å². The van der Waals surface area contributed by atoms with Crippen molar-refractivity contribution in [1.29, 1.82) is 0 Å². The lowest BCUT2D eigenvalue weighted by Gasteiger charge is -2.16. The van der Waals surface area contributed by atoms with Crippen molar-refractivity contribution in [1.82, 2.24) is 0 Å². The minimum atomic E-state index is -3.32. The van der Waals surface area contributed by atoms with Crippen molar-refractivity contribution in [2.75, 3.05) is 5.09 Å². The van der Waals surface area contributed by atoms with Gasteiger partial charge >= 0.3 is 0 Å². The fraction of sp³-hybridized carbons (Fsp3) is 0.0435. The molecule has 0 fully saturated rings. The highest BCUT2D eigenvalue weighted by molar-refractivity contribution is 7.72. The van der Waals surface area contributed by atoms with E-state index in [2.05, 4.69) is 5.09 Å². The van der Waals surface area contributed by atoms with E-state index < -0.39 is 7.29 Å². The Bertz CT molecular complexity index is 1040. The van der Waals surface area contributed by atoms with Crippen LogP contribution in [0.15, 0.2) is 90.5 Å². The van der Waals surface area contributed by atoms with Crippen LogP contribution in [-0.2, 0) is 4.57 Å². The van der Waals surface area contributed by atoms with Crippen LogP contribution in [0.1, 0.15) is 16.7 Å². The lowest BCUT2D eigenvalue weighted by atomic mass is 10.2. The van der Waals surface area contributed by atoms with Gasteiger partial charge in [0.15, 0.2) is 0 Å². The van der Waals surface area contributed by atoms with E-state index in [9.17, 15) is 4.57 Å². The zero-order chi connectivity index (χ0) is 20.9. The molecule has 0 spiro atoms. The molecule has 0 aromatic heterocycles. The maximum absolute atomic E-state index is 13.9. The molecule has 0 aliphatic carbocycles. The monoisotopic (exact) mass is 461 g/mol. The average molecular weight is 463 g/mol. The fourth-order valence-corrected chi connectivity index (χ4v) is 5.67. The van der Waals surface area contributed by atoms with Crippen LogP contribution in [0.3, 0.4) is 0 Å². The molecule has 0 radical (unpaired) electrons. The second-order valence-electron chi connectivity index (χ2n) is 6.47. The summed E-state index contributed by atoms with van der Waals surface area (Å²) in [6.45, 7) is 1.91. The van der Waals surface area contributed by atoms with Crippen molar-refractivity contribution >= 4 is 57.8 Å². The predicted molar refractivity (Wildman–Crippen MR) is 128 cm³/mol. The number of rotatable bonds is 6. The molecular weight excluding hydrogens is 444 g/mol. The van der Waals surface area contributed by atoms with Gasteiger partial charge < -0.3 is 5.09 Å². The van der Waals surface area contributed by atoms with Gasteiger partial charge in [-0.05, 0) is 35.7 Å². The zero-order valence-corrected chi connectivity index (χ0v) is 18.8. The lowest BCUT2D eigenvalue weighted by molar-refractivity contribution is 0.589. The summed E-state index contributed by atoms with van der Waals surface area (Å²) in [6.07, 6.45) is 0. The maximum atomic E-state index is 13.9. The van der Waals surface area contributed by atoms with Crippen molar-refractivity contribution < 1.29 is 4.57 Å². The summed E-state index contributed by atoms with van der Waals surface area (Å²) in [5.41, 5.74) is 3.08. The Balaban J connectivity index is 2.05. The van der Waals surface area contributed by atoms with Crippen LogP contribution >= 0.6 is 42.1 Å². The minimum Gasteiger partial charge on any atom is -0.330 e. The zero-order valence-electron chi connectivity index (χ0n) is 15.6. The van der Waals surface area contributed by atoms with Crippen LogP contribution < -0.4 is 5.09 Å². The normalized spacial score (nSPS) is 12.7. The van der Waals surface area contributed by atoms with E-state index in [4.69, 9.17) is 34.8 Å². The van der Waals surface area contributed by atoms with Gasteiger partial charge in [0, 0.05) is 22.3 Å². The summed E-state index contributed by atoms with van der Waals surface area (Å²) in [4.78, 5) is 0. The van der Waals surface area contributed by atoms with Gasteiger partial charge in [0.1, 0.15) is 0 Å². The Labute approximate surface area is 186 Å². The van der Waals surface area contributed by atoms with E-state index >= 15 is 0 Å². The Morgan fingerprint density at radius 3 is 1.76 bits per heavy atom. The van der Waals surface area contributed by atoms with Gasteiger partial charge in [0.2, 0.25) is 7.29 Å². The largest absolute Gasteiger partial charge is 0.330 e. The lowest BCUT2D eigenvalue weighted by Crippen LogP contribution is -1.94. The first-order chi connectivity index (χ1) is 13.9. The highest BCUT2D eigenvalue weighted by atomic mass is 35.5. The molecule has 2 nitrogen and oxygen atoms in total. The Morgan fingerprint density at radius 1 is 0.828 bits per heavy atom. The van der Waals surface area contributed by atoms with E-state index in [1.807, 2.05) is 79.7 Å². The van der Waals surface area contributed by atoms with Gasteiger partial charge in [-0.1, -0.05) is 102 Å². The number of nitrogens with one attached hydrogen (secondary N) is 1. The topological polar surface area (TPSA) is 29.1 Å². The van der Waals surface area contributed by atoms with Crippen molar-refractivity contribution in [2.45, 2.75) is 6.92 Å². The molecule has 6 heteroatoms. The quantitative estimate of drug-likeness (QED) is 0.371. The van der Waals surface area contributed by atoms with Gasteiger partial charge in [0.25, 0.3) is 0 Å². The molecule has 0 saturated carbocycles. The summed E-state index contributed by atoms with van der Waals surface area (Å²) in [5.74, 6) is 3.03. The molecule has 0 saturated heterocycles. The molecule has 0 aliphatic heterocycles. The summed E-state index contributed by atoms with van der Waals surface area (Å²) >= 11 is 19.2. The average Bonchev–Trinajstić information content (AvgIpc) is 2.72. The molecule has 0 amide bonds. The van der Waals surface area contributed by atoms with Crippen molar-refractivity contribution in [2.24, 2.45) is 0 Å². The van der Waals surface area contributed by atoms with Gasteiger partial charge in [0.05, 0.1) is 10.1 Å². The molecule has 1 N–H and O–H groups in total. The number of anilines is 1. The summed E-state index contributed by atoms with van der Waals surface area (Å²) in [6, 6.07) is 24.1. The van der Waals surface area contributed by atoms with Crippen LogP contribution in [-0.4, -0.2) is 0 Å². The highest BCUT2D eigenvalue weighted by Crippen LogP contribution is 2.53. The van der Waals surface area contributed by atoms with Crippen LogP contribution in [0, 0.1) is 6.92 Å². The van der Waals surface area contributed by atoms with E-state index in [0.717, 1.165) is 16.7 Å². The van der Waals surface area contributed by atoms with Gasteiger partial charge in [-0.25, -0.2) is 0 Å². The Hall–Kier alpha value is -1.96. The van der Waals surface area contributed by atoms with E-state index in [0.29, 0.717) is 20.8 Å². The van der Waals surface area contributed by atoms with Crippen LogP contribution in [0.5, 0.6) is 0 Å². The molecule has 0 bridgehead atoms. The smallest absolute Gasteiger partial charge is 0.216 e. The number of hydrogen-bond acceptors (Lipinski definition) is 1. The molecule has 29 heavy (non-hydrogen) atoms. The van der Waals surface area contributed by atoms with Crippen molar-refractivity contribution in [3.05, 3.63) is 112 Å². The first-order valence-electron chi connectivity index (χ1n) is 8.88. The number of benzene rings is 3. The number of hydrogen-bond donors (Lipinski definition) is 1. The second kappa shape index (κ2) is 9.69. The molecule has 3 aromatic rings. The third kappa shape index (κ3) is 6.01. The van der Waals surface area contributed by atoms with Crippen molar-refractivity contribution in [3.8, 4) is 0 Å². The first-order valence-corrected chi connectivity index (χ1v) is 11.9. The molecule has 0 atom stereocenters. The SMILES string of the molecule is Cc1ccc(NP(=O)(/C=C(\Cl)c2ccccc2)/C=C(\Cl)c2ccccc2)cc1Cl. The standard InChI is InChI=1S/C23H19Cl3NOP/c1-17-12-13-20(14-21(17)24)27-29(28,15-22(25)18-8-4-2-5-9-18)16-23(26)19-10-6-3-7-11-19/h2-16H,1H3,(H,27,28)/b22-15-,23-16-. The molecular formula is C23H19Cl3NOP. The van der Waals surface area contributed by atoms with E-state index in [1.165, 1.54) is 11.6 Å². The molecule has 0 unspecified atom stereocenters. The van der Waals surface area contributed by atoms with E-state index in [-0.39, 0.29) is 0 Å². The molecule has 3 aromatic carbocycles. The van der Waals surface area contributed by atoms with Gasteiger partial charge in [-0.15, -0.1) is 0 Å². The van der Waals surface area contributed by atoms with Crippen LogP contribution in [0.2, 0.25) is 5.02 Å². The number of halogens is 3. The third-order valence-electron chi connectivity index (χ3n) is 4.19. The van der Waals surface area contributed by atoms with Crippen molar-refractivity contribution in [3.63, 3.8) is 0 Å². The van der Waals surface area contributed by atoms with Gasteiger partial charge in [-0.3, -0.25) is 4.57 Å². The predicted octanol–water partition coefficient (Wildman–Crippen LogP) is 8.81. The highest BCUT2D eigenvalue weighted by Gasteiger charge is 2.20. The first kappa shape index (κ1) is 21.7. The number of aryl methyl sites for hydroxylation is 1. The molecule has 0 aliphatic rings. The van der Waals surface area contributed by atoms with Crippen LogP contribution in [0.25, 0.3) is 10.1 Å². The summed E-state index contributed by atoms with van der Waals surface area (Å²) < 4.78 is 13.9. The van der Waals surface area contributed by atoms with Gasteiger partial charge in [-0.2, -0.15) is 0 Å². The van der Waals surface area contributed by atoms with E-state index in [1.54, 1.807) is 6.07 Å². The minimum absolute atomic E-state index is 0.369. The molecule has 0 heterocycles. The Kier molecular flexibility index (Phi) is 7.27. The summed E-state index contributed by atoms with van der Waals surface area (Å²) in [5, 5.41) is 4.39. The molecule has 3 rings (SSSR count). The molecule has 148 valence electrons. The Morgan fingerprint density at radius 2 is 1.31 bits per heavy atom.